The number of rotatable bonds is 4. The van der Waals surface area contributed by atoms with Gasteiger partial charge in [-0.15, -0.1) is 0 Å². The Morgan fingerprint density at radius 1 is 1.30 bits per heavy atom. The van der Waals surface area contributed by atoms with Crippen LogP contribution in [0.4, 0.5) is 17.6 Å². The molecule has 2 N–H and O–H groups in total. The minimum absolute atomic E-state index is 0.120. The van der Waals surface area contributed by atoms with Crippen LogP contribution < -0.4 is 5.73 Å². The number of hydrogen-bond acceptors (Lipinski definition) is 2. The molecule has 0 unspecified atom stereocenters. The third-order valence-corrected chi connectivity index (χ3v) is 2.61. The summed E-state index contributed by atoms with van der Waals surface area (Å²) in [4.78, 5) is 1.52. The Morgan fingerprint density at radius 3 is 2.60 bits per heavy atom. The largest absolute Gasteiger partial charge is 0.390 e. The molecule has 0 fully saturated rings. The SMILES string of the molecule is CN(CCC(F)(F)F)Cc1ccc(F)cc1C#CCN. The van der Waals surface area contributed by atoms with Gasteiger partial charge in [0, 0.05) is 18.7 Å². The molecule has 0 saturated heterocycles. The molecule has 0 aliphatic heterocycles. The summed E-state index contributed by atoms with van der Waals surface area (Å²) in [6.45, 7) is 0.287. The monoisotopic (exact) mass is 288 g/mol. The lowest BCUT2D eigenvalue weighted by Crippen LogP contribution is -2.24. The quantitative estimate of drug-likeness (QED) is 0.681. The molecule has 1 aromatic carbocycles. The number of alkyl halides is 3. The maximum atomic E-state index is 13.2. The van der Waals surface area contributed by atoms with Crippen LogP contribution in [0, 0.1) is 17.7 Å². The second-order valence-electron chi connectivity index (χ2n) is 4.41. The lowest BCUT2D eigenvalue weighted by molar-refractivity contribution is -0.137. The molecule has 0 aliphatic rings. The molecule has 0 saturated carbocycles. The van der Waals surface area contributed by atoms with Gasteiger partial charge in [0.2, 0.25) is 0 Å². The zero-order valence-electron chi connectivity index (χ0n) is 11.1. The molecule has 1 aromatic rings. The summed E-state index contributed by atoms with van der Waals surface area (Å²) in [6, 6.07) is 4.05. The maximum absolute atomic E-state index is 13.2. The summed E-state index contributed by atoms with van der Waals surface area (Å²) in [7, 11) is 1.58. The average Bonchev–Trinajstić information content (AvgIpc) is 2.36. The molecule has 110 valence electrons. The molecule has 0 spiro atoms. The van der Waals surface area contributed by atoms with Crippen molar-refractivity contribution in [1.29, 1.82) is 0 Å². The van der Waals surface area contributed by atoms with Gasteiger partial charge >= 0.3 is 6.18 Å². The highest BCUT2D eigenvalue weighted by Gasteiger charge is 2.27. The van der Waals surface area contributed by atoms with Gasteiger partial charge in [0.1, 0.15) is 5.82 Å². The maximum Gasteiger partial charge on any atom is 0.390 e. The summed E-state index contributed by atoms with van der Waals surface area (Å²) in [5, 5.41) is 0. The first-order valence-electron chi connectivity index (χ1n) is 6.04. The fourth-order valence-electron chi connectivity index (χ4n) is 1.64. The minimum Gasteiger partial charge on any atom is -0.320 e. The number of halogens is 4. The lowest BCUT2D eigenvalue weighted by atomic mass is 10.1. The van der Waals surface area contributed by atoms with E-state index in [4.69, 9.17) is 5.73 Å². The van der Waals surface area contributed by atoms with E-state index in [2.05, 4.69) is 11.8 Å². The summed E-state index contributed by atoms with van der Waals surface area (Å²) >= 11 is 0. The van der Waals surface area contributed by atoms with E-state index in [-0.39, 0.29) is 19.6 Å². The van der Waals surface area contributed by atoms with Gasteiger partial charge in [0.15, 0.2) is 0 Å². The Hall–Kier alpha value is -1.58. The molecule has 0 radical (unpaired) electrons. The van der Waals surface area contributed by atoms with E-state index >= 15 is 0 Å². The van der Waals surface area contributed by atoms with E-state index in [1.165, 1.54) is 23.1 Å². The van der Waals surface area contributed by atoms with Crippen molar-refractivity contribution in [1.82, 2.24) is 4.90 Å². The first-order valence-corrected chi connectivity index (χ1v) is 6.04. The number of nitrogens with two attached hydrogens (primary N) is 1. The molecule has 1 rings (SSSR count). The molecule has 0 atom stereocenters. The third-order valence-electron chi connectivity index (χ3n) is 2.61. The molecule has 0 aromatic heterocycles. The molecule has 2 nitrogen and oxygen atoms in total. The molecular weight excluding hydrogens is 272 g/mol. The number of benzene rings is 1. The Balaban J connectivity index is 2.76. The molecule has 0 aliphatic carbocycles. The molecule has 0 heterocycles. The van der Waals surface area contributed by atoms with Crippen molar-refractivity contribution in [2.24, 2.45) is 5.73 Å². The molecule has 0 bridgehead atoms. The van der Waals surface area contributed by atoms with Gasteiger partial charge < -0.3 is 10.6 Å². The smallest absolute Gasteiger partial charge is 0.320 e. The average molecular weight is 288 g/mol. The zero-order valence-corrected chi connectivity index (χ0v) is 11.1. The van der Waals surface area contributed by atoms with Crippen LogP contribution in [0.25, 0.3) is 0 Å². The van der Waals surface area contributed by atoms with Crippen LogP contribution in [0.15, 0.2) is 18.2 Å². The fourth-order valence-corrected chi connectivity index (χ4v) is 1.64. The lowest BCUT2D eigenvalue weighted by Gasteiger charge is -2.18. The van der Waals surface area contributed by atoms with Gasteiger partial charge in [-0.05, 0) is 24.7 Å². The Kier molecular flexibility index (Phi) is 5.99. The van der Waals surface area contributed by atoms with E-state index in [0.29, 0.717) is 11.1 Å². The second kappa shape index (κ2) is 7.27. The van der Waals surface area contributed by atoms with Crippen molar-refractivity contribution in [3.05, 3.63) is 35.1 Å². The van der Waals surface area contributed by atoms with E-state index in [1.807, 2.05) is 0 Å². The van der Waals surface area contributed by atoms with Gasteiger partial charge in [-0.1, -0.05) is 17.9 Å². The summed E-state index contributed by atoms with van der Waals surface area (Å²) in [5.74, 6) is 4.90. The first kappa shape index (κ1) is 16.5. The highest BCUT2D eigenvalue weighted by atomic mass is 19.4. The van der Waals surface area contributed by atoms with Gasteiger partial charge in [0.05, 0.1) is 13.0 Å². The van der Waals surface area contributed by atoms with Crippen LogP contribution in [0.5, 0.6) is 0 Å². The molecule has 6 heteroatoms. The number of hydrogen-bond donors (Lipinski definition) is 1. The highest BCUT2D eigenvalue weighted by molar-refractivity contribution is 5.41. The van der Waals surface area contributed by atoms with E-state index in [9.17, 15) is 17.6 Å². The third kappa shape index (κ3) is 6.04. The summed E-state index contributed by atoms with van der Waals surface area (Å²) in [6.07, 6.45) is -5.06. The van der Waals surface area contributed by atoms with Crippen molar-refractivity contribution in [3.63, 3.8) is 0 Å². The Morgan fingerprint density at radius 2 is 2.00 bits per heavy atom. The van der Waals surface area contributed by atoms with Crippen LogP contribution in [0.1, 0.15) is 17.5 Å². The second-order valence-corrected chi connectivity index (χ2v) is 4.41. The van der Waals surface area contributed by atoms with E-state index in [1.54, 1.807) is 7.05 Å². The fraction of sp³-hybridized carbons (Fsp3) is 0.429. The minimum atomic E-state index is -4.18. The van der Waals surface area contributed by atoms with Crippen molar-refractivity contribution < 1.29 is 17.6 Å². The zero-order chi connectivity index (χ0) is 15.2. The van der Waals surface area contributed by atoms with Gasteiger partial charge in [0.25, 0.3) is 0 Å². The highest BCUT2D eigenvalue weighted by Crippen LogP contribution is 2.20. The predicted molar refractivity (Wildman–Crippen MR) is 69.3 cm³/mol. The molecular formula is C14H16F4N2. The topological polar surface area (TPSA) is 29.3 Å². The summed E-state index contributed by atoms with van der Waals surface area (Å²) in [5.41, 5.74) is 6.39. The standard InChI is InChI=1S/C14H16F4N2/c1-20(8-6-14(16,17)18)10-12-4-5-13(15)9-11(12)3-2-7-19/h4-5,9H,6-8,10,19H2,1H3. The van der Waals surface area contributed by atoms with Crippen LogP contribution in [0.3, 0.4) is 0 Å². The predicted octanol–water partition coefficient (Wildman–Crippen LogP) is 2.52. The molecule has 0 amide bonds. The van der Waals surface area contributed by atoms with Crippen LogP contribution >= 0.6 is 0 Å². The normalized spacial score (nSPS) is 11.3. The van der Waals surface area contributed by atoms with Crippen molar-refractivity contribution in [2.75, 3.05) is 20.1 Å². The van der Waals surface area contributed by atoms with E-state index < -0.39 is 18.4 Å². The van der Waals surface area contributed by atoms with Gasteiger partial charge in [-0.3, -0.25) is 0 Å². The van der Waals surface area contributed by atoms with Crippen molar-refractivity contribution >= 4 is 0 Å². The Bertz CT molecular complexity index is 500. The van der Waals surface area contributed by atoms with Crippen molar-refractivity contribution in [3.8, 4) is 11.8 Å². The van der Waals surface area contributed by atoms with Gasteiger partial charge in [-0.25, -0.2) is 4.39 Å². The van der Waals surface area contributed by atoms with E-state index in [0.717, 1.165) is 0 Å². The number of nitrogens with zero attached hydrogens (tertiary/aromatic N) is 1. The van der Waals surface area contributed by atoms with Gasteiger partial charge in [-0.2, -0.15) is 13.2 Å². The first-order chi connectivity index (χ1) is 9.31. The van der Waals surface area contributed by atoms with Crippen molar-refractivity contribution in [2.45, 2.75) is 19.1 Å². The summed E-state index contributed by atoms with van der Waals surface area (Å²) < 4.78 is 49.6. The van der Waals surface area contributed by atoms with Crippen LogP contribution in [-0.4, -0.2) is 31.2 Å². The Labute approximate surface area is 115 Å². The molecule has 20 heavy (non-hydrogen) atoms. The van der Waals surface area contributed by atoms with Crippen LogP contribution in [0.2, 0.25) is 0 Å². The van der Waals surface area contributed by atoms with Crippen LogP contribution in [-0.2, 0) is 6.54 Å².